The van der Waals surface area contributed by atoms with Crippen LogP contribution in [0.4, 0.5) is 5.69 Å². The average Bonchev–Trinajstić information content (AvgIpc) is 3.15. The maximum atomic E-state index is 12.9. The SMILES string of the molecule is CC(C)c1ccc(N2C[C@]34C=C[C@@H](O3)[C@H](C(=O)O)[C@@H]4C2=O)cc1. The molecule has 1 N–H and O–H groups in total. The molecule has 1 spiro atoms. The van der Waals surface area contributed by atoms with E-state index in [0.717, 1.165) is 5.69 Å². The lowest BCUT2D eigenvalue weighted by Gasteiger charge is -2.21. The minimum Gasteiger partial charge on any atom is -0.481 e. The minimum atomic E-state index is -0.961. The summed E-state index contributed by atoms with van der Waals surface area (Å²) in [5, 5.41) is 9.47. The number of benzene rings is 1. The van der Waals surface area contributed by atoms with E-state index in [2.05, 4.69) is 13.8 Å². The fourth-order valence-electron chi connectivity index (χ4n) is 4.04. The topological polar surface area (TPSA) is 66.8 Å². The van der Waals surface area contributed by atoms with E-state index < -0.39 is 29.5 Å². The molecule has 1 amide bonds. The van der Waals surface area contributed by atoms with Gasteiger partial charge in [-0.15, -0.1) is 0 Å². The van der Waals surface area contributed by atoms with Crippen LogP contribution in [0.5, 0.6) is 0 Å². The zero-order chi connectivity index (χ0) is 16.4. The smallest absolute Gasteiger partial charge is 0.310 e. The Morgan fingerprint density at radius 1 is 1.35 bits per heavy atom. The lowest BCUT2D eigenvalue weighted by molar-refractivity contribution is -0.146. The van der Waals surface area contributed by atoms with E-state index in [1.54, 1.807) is 11.0 Å². The molecule has 0 aliphatic carbocycles. The van der Waals surface area contributed by atoms with Crippen molar-refractivity contribution in [3.63, 3.8) is 0 Å². The van der Waals surface area contributed by atoms with E-state index in [4.69, 9.17) is 4.74 Å². The highest BCUT2D eigenvalue weighted by Crippen LogP contribution is 2.52. The molecule has 120 valence electrons. The lowest BCUT2D eigenvalue weighted by Crippen LogP contribution is -2.39. The number of amides is 1. The number of carbonyl (C=O) groups is 2. The molecule has 4 atom stereocenters. The van der Waals surface area contributed by atoms with Crippen molar-refractivity contribution in [2.24, 2.45) is 11.8 Å². The Morgan fingerprint density at radius 2 is 2.04 bits per heavy atom. The van der Waals surface area contributed by atoms with Gasteiger partial charge in [-0.3, -0.25) is 9.59 Å². The second-order valence-electron chi connectivity index (χ2n) is 6.91. The van der Waals surface area contributed by atoms with E-state index in [1.165, 1.54) is 5.56 Å². The standard InChI is InChI=1S/C18H19NO4/c1-10(2)11-3-5-12(6-4-11)19-9-18-8-7-13(23-18)14(17(21)22)15(18)16(19)20/h3-8,10,13-15H,9H2,1-2H3,(H,21,22)/t13-,14+,15-,18+/m1/s1. The Labute approximate surface area is 134 Å². The molecule has 23 heavy (non-hydrogen) atoms. The number of anilines is 1. The van der Waals surface area contributed by atoms with Gasteiger partial charge in [0.25, 0.3) is 0 Å². The highest BCUT2D eigenvalue weighted by Gasteiger charge is 2.67. The Balaban J connectivity index is 1.67. The molecular weight excluding hydrogens is 294 g/mol. The number of hydrogen-bond acceptors (Lipinski definition) is 3. The first-order chi connectivity index (χ1) is 10.9. The van der Waals surface area contributed by atoms with Crippen molar-refractivity contribution in [2.45, 2.75) is 31.5 Å². The van der Waals surface area contributed by atoms with Crippen LogP contribution < -0.4 is 4.90 Å². The monoisotopic (exact) mass is 313 g/mol. The fraction of sp³-hybridized carbons (Fsp3) is 0.444. The summed E-state index contributed by atoms with van der Waals surface area (Å²) in [6.07, 6.45) is 3.18. The summed E-state index contributed by atoms with van der Waals surface area (Å²) < 4.78 is 5.89. The number of nitrogens with zero attached hydrogens (tertiary/aromatic N) is 1. The third-order valence-corrected chi connectivity index (χ3v) is 5.26. The fourth-order valence-corrected chi connectivity index (χ4v) is 4.04. The number of fused-ring (bicyclic) bond motifs is 1. The first-order valence-corrected chi connectivity index (χ1v) is 7.94. The molecule has 2 bridgehead atoms. The summed E-state index contributed by atoms with van der Waals surface area (Å²) in [5.41, 5.74) is 1.23. The van der Waals surface area contributed by atoms with Crippen molar-refractivity contribution in [3.8, 4) is 0 Å². The van der Waals surface area contributed by atoms with Gasteiger partial charge in [0.05, 0.1) is 18.6 Å². The number of ether oxygens (including phenoxy) is 1. The highest BCUT2D eigenvalue weighted by molar-refractivity contribution is 6.02. The summed E-state index contributed by atoms with van der Waals surface area (Å²) in [6.45, 7) is 4.62. The van der Waals surface area contributed by atoms with Crippen LogP contribution in [-0.4, -0.2) is 35.2 Å². The van der Waals surface area contributed by atoms with E-state index in [1.807, 2.05) is 30.3 Å². The summed E-state index contributed by atoms with van der Waals surface area (Å²) in [5.74, 6) is -2.10. The number of hydrogen-bond donors (Lipinski definition) is 1. The summed E-state index contributed by atoms with van der Waals surface area (Å²) in [7, 11) is 0. The third-order valence-electron chi connectivity index (χ3n) is 5.26. The quantitative estimate of drug-likeness (QED) is 0.869. The number of carboxylic acids is 1. The lowest BCUT2D eigenvalue weighted by atomic mass is 9.77. The largest absolute Gasteiger partial charge is 0.481 e. The third kappa shape index (κ3) is 1.89. The molecule has 3 heterocycles. The molecule has 0 aromatic heterocycles. The first-order valence-electron chi connectivity index (χ1n) is 7.94. The van der Waals surface area contributed by atoms with Gasteiger partial charge in [-0.2, -0.15) is 0 Å². The Morgan fingerprint density at radius 3 is 2.65 bits per heavy atom. The first kappa shape index (κ1) is 14.5. The predicted molar refractivity (Wildman–Crippen MR) is 84.2 cm³/mol. The summed E-state index contributed by atoms with van der Waals surface area (Å²) in [6, 6.07) is 7.89. The molecule has 2 fully saturated rings. The van der Waals surface area contributed by atoms with E-state index in [9.17, 15) is 14.7 Å². The van der Waals surface area contributed by atoms with Gasteiger partial charge in [-0.05, 0) is 23.6 Å². The summed E-state index contributed by atoms with van der Waals surface area (Å²) in [4.78, 5) is 26.1. The molecule has 5 heteroatoms. The molecule has 0 unspecified atom stereocenters. The Bertz CT molecular complexity index is 708. The molecule has 1 aromatic carbocycles. The molecule has 3 aliphatic heterocycles. The number of aliphatic carboxylic acids is 1. The number of carbonyl (C=O) groups excluding carboxylic acids is 1. The van der Waals surface area contributed by atoms with Crippen LogP contribution in [0.1, 0.15) is 25.3 Å². The number of rotatable bonds is 3. The molecule has 2 saturated heterocycles. The zero-order valence-corrected chi connectivity index (χ0v) is 13.1. The normalized spacial score (nSPS) is 34.5. The van der Waals surface area contributed by atoms with Gasteiger partial charge in [0.1, 0.15) is 11.5 Å². The minimum absolute atomic E-state index is 0.151. The Hall–Kier alpha value is -2.14. The van der Waals surface area contributed by atoms with Crippen LogP contribution in [0, 0.1) is 11.8 Å². The van der Waals surface area contributed by atoms with Gasteiger partial charge in [0.15, 0.2) is 0 Å². The molecule has 0 radical (unpaired) electrons. The van der Waals surface area contributed by atoms with Crippen molar-refractivity contribution < 1.29 is 19.4 Å². The van der Waals surface area contributed by atoms with Gasteiger partial charge >= 0.3 is 5.97 Å². The van der Waals surface area contributed by atoms with Gasteiger partial charge in [-0.1, -0.05) is 38.1 Å². The van der Waals surface area contributed by atoms with Crippen LogP contribution in [0.2, 0.25) is 0 Å². The second kappa shape index (κ2) is 4.68. The van der Waals surface area contributed by atoms with E-state index in [0.29, 0.717) is 12.5 Å². The molecule has 5 nitrogen and oxygen atoms in total. The van der Waals surface area contributed by atoms with Crippen LogP contribution in [-0.2, 0) is 14.3 Å². The molecular formula is C18H19NO4. The maximum Gasteiger partial charge on any atom is 0.310 e. The molecule has 0 saturated carbocycles. The molecule has 4 rings (SSSR count). The van der Waals surface area contributed by atoms with Gasteiger partial charge < -0.3 is 14.7 Å². The molecule has 1 aromatic rings. The van der Waals surface area contributed by atoms with Crippen LogP contribution >= 0.6 is 0 Å². The van der Waals surface area contributed by atoms with Gasteiger partial charge in [-0.25, -0.2) is 0 Å². The maximum absolute atomic E-state index is 12.9. The van der Waals surface area contributed by atoms with E-state index >= 15 is 0 Å². The second-order valence-corrected chi connectivity index (χ2v) is 6.91. The van der Waals surface area contributed by atoms with Crippen LogP contribution in [0.15, 0.2) is 36.4 Å². The van der Waals surface area contributed by atoms with E-state index in [-0.39, 0.29) is 5.91 Å². The summed E-state index contributed by atoms with van der Waals surface area (Å²) >= 11 is 0. The molecule has 3 aliphatic rings. The zero-order valence-electron chi connectivity index (χ0n) is 13.1. The van der Waals surface area contributed by atoms with Gasteiger partial charge in [0.2, 0.25) is 5.91 Å². The average molecular weight is 313 g/mol. The van der Waals surface area contributed by atoms with Crippen LogP contribution in [0.3, 0.4) is 0 Å². The van der Waals surface area contributed by atoms with Crippen LogP contribution in [0.25, 0.3) is 0 Å². The van der Waals surface area contributed by atoms with Gasteiger partial charge in [0, 0.05) is 5.69 Å². The van der Waals surface area contributed by atoms with Crippen molar-refractivity contribution in [1.82, 2.24) is 0 Å². The van der Waals surface area contributed by atoms with Crippen molar-refractivity contribution >= 4 is 17.6 Å². The van der Waals surface area contributed by atoms with Crippen molar-refractivity contribution in [3.05, 3.63) is 42.0 Å². The van der Waals surface area contributed by atoms with Crippen molar-refractivity contribution in [2.75, 3.05) is 11.4 Å². The predicted octanol–water partition coefficient (Wildman–Crippen LogP) is 2.18. The highest BCUT2D eigenvalue weighted by atomic mass is 16.5. The Kier molecular flexibility index (Phi) is 2.94. The van der Waals surface area contributed by atoms with Crippen molar-refractivity contribution in [1.29, 1.82) is 0 Å². The number of carboxylic acid groups (broad SMARTS) is 1.